The molecule has 2 heterocycles. The largest absolute Gasteiger partial charge is 0.378 e. The minimum Gasteiger partial charge on any atom is -0.378 e. The summed E-state index contributed by atoms with van der Waals surface area (Å²) >= 11 is 0. The van der Waals surface area contributed by atoms with E-state index in [-0.39, 0.29) is 16.7 Å². The van der Waals surface area contributed by atoms with Crippen LogP contribution in [0.4, 0.5) is 22.7 Å². The Hall–Kier alpha value is -3.71. The summed E-state index contributed by atoms with van der Waals surface area (Å²) < 4.78 is 10.1. The summed E-state index contributed by atoms with van der Waals surface area (Å²) in [4.78, 5) is 13.1. The van der Waals surface area contributed by atoms with Gasteiger partial charge in [0.15, 0.2) is 5.52 Å². The summed E-state index contributed by atoms with van der Waals surface area (Å²) in [6, 6.07) is 10.7. The standard InChI is InChI=1S/C17H14N6O4/c18-10-11-3-1-2-4-12(11)19-13-9-14(22-5-7-26-8-6-22)17(23(24)25)16-15(13)20-27-21-16/h1-4,9,19H,5-8H2. The number of hydrogen-bond acceptors (Lipinski definition) is 9. The number of fused-ring (bicyclic) bond motifs is 1. The Labute approximate surface area is 153 Å². The van der Waals surface area contributed by atoms with Gasteiger partial charge < -0.3 is 15.0 Å². The predicted octanol–water partition coefficient (Wildman–Crippen LogP) is 2.58. The fourth-order valence-electron chi connectivity index (χ4n) is 3.07. The molecule has 1 fully saturated rings. The van der Waals surface area contributed by atoms with Crippen LogP contribution in [0.25, 0.3) is 11.0 Å². The zero-order valence-corrected chi connectivity index (χ0v) is 14.1. The number of benzene rings is 2. The first-order chi connectivity index (χ1) is 13.2. The number of nitrogens with zero attached hydrogens (tertiary/aromatic N) is 5. The highest BCUT2D eigenvalue weighted by atomic mass is 16.6. The molecule has 0 atom stereocenters. The van der Waals surface area contributed by atoms with Crippen molar-refractivity contribution >= 4 is 33.8 Å². The van der Waals surface area contributed by atoms with E-state index in [0.717, 1.165) is 0 Å². The molecule has 3 aromatic rings. The Morgan fingerprint density at radius 3 is 2.67 bits per heavy atom. The van der Waals surface area contributed by atoms with Gasteiger partial charge in [0.1, 0.15) is 11.8 Å². The number of nitriles is 1. The van der Waals surface area contributed by atoms with Crippen LogP contribution in [0.2, 0.25) is 0 Å². The molecule has 1 saturated heterocycles. The third-order valence-corrected chi connectivity index (χ3v) is 4.34. The second-order valence-corrected chi connectivity index (χ2v) is 5.89. The van der Waals surface area contributed by atoms with Crippen molar-refractivity contribution in [3.8, 4) is 6.07 Å². The Kier molecular flexibility index (Phi) is 4.27. The lowest BCUT2D eigenvalue weighted by molar-refractivity contribution is -0.382. The van der Waals surface area contributed by atoms with E-state index < -0.39 is 4.92 Å². The molecule has 1 aliphatic heterocycles. The van der Waals surface area contributed by atoms with Crippen LogP contribution in [0.5, 0.6) is 0 Å². The number of nitro groups is 1. The monoisotopic (exact) mass is 366 g/mol. The number of ether oxygens (including phenoxy) is 1. The van der Waals surface area contributed by atoms with Gasteiger partial charge in [-0.3, -0.25) is 10.1 Å². The average molecular weight is 366 g/mol. The summed E-state index contributed by atoms with van der Waals surface area (Å²) in [7, 11) is 0. The van der Waals surface area contributed by atoms with E-state index in [2.05, 4.69) is 21.7 Å². The molecule has 1 aliphatic rings. The highest BCUT2D eigenvalue weighted by molar-refractivity contribution is 6.01. The van der Waals surface area contributed by atoms with Gasteiger partial charge in [-0.25, -0.2) is 4.63 Å². The summed E-state index contributed by atoms with van der Waals surface area (Å²) in [5, 5.41) is 31.7. The van der Waals surface area contributed by atoms with Gasteiger partial charge in [0.05, 0.1) is 35.1 Å². The maximum atomic E-state index is 11.7. The molecule has 27 heavy (non-hydrogen) atoms. The smallest absolute Gasteiger partial charge is 0.323 e. The maximum Gasteiger partial charge on any atom is 0.323 e. The van der Waals surface area contributed by atoms with Crippen molar-refractivity contribution in [2.75, 3.05) is 36.5 Å². The lowest BCUT2D eigenvalue weighted by atomic mass is 10.1. The fourth-order valence-corrected chi connectivity index (χ4v) is 3.07. The first kappa shape index (κ1) is 16.7. The van der Waals surface area contributed by atoms with E-state index in [0.29, 0.717) is 48.9 Å². The van der Waals surface area contributed by atoms with E-state index in [1.165, 1.54) is 0 Å². The zero-order chi connectivity index (χ0) is 18.8. The molecule has 0 saturated carbocycles. The number of morpholine rings is 1. The highest BCUT2D eigenvalue weighted by Crippen LogP contribution is 2.40. The first-order valence-corrected chi connectivity index (χ1v) is 8.21. The summed E-state index contributed by atoms with van der Waals surface area (Å²) in [5.41, 5.74) is 2.00. The molecule has 0 unspecified atom stereocenters. The first-order valence-electron chi connectivity index (χ1n) is 8.21. The van der Waals surface area contributed by atoms with Gasteiger partial charge >= 0.3 is 5.69 Å². The number of aromatic nitrogens is 2. The second-order valence-electron chi connectivity index (χ2n) is 5.89. The Balaban J connectivity index is 1.88. The number of para-hydroxylation sites is 1. The number of nitro benzene ring substituents is 1. The van der Waals surface area contributed by atoms with Crippen molar-refractivity contribution in [3.05, 3.63) is 46.0 Å². The SMILES string of the molecule is N#Cc1ccccc1Nc1cc(N2CCOCC2)c([N+](=O)[O-])c2nonc12. The number of nitrogens with one attached hydrogen (secondary N) is 1. The van der Waals surface area contributed by atoms with Crippen molar-refractivity contribution in [2.45, 2.75) is 0 Å². The van der Waals surface area contributed by atoms with E-state index in [4.69, 9.17) is 9.37 Å². The minimum absolute atomic E-state index is 0.0564. The van der Waals surface area contributed by atoms with Crippen molar-refractivity contribution in [3.63, 3.8) is 0 Å². The van der Waals surface area contributed by atoms with Crippen LogP contribution < -0.4 is 10.2 Å². The van der Waals surface area contributed by atoms with Gasteiger partial charge in [-0.15, -0.1) is 0 Å². The van der Waals surface area contributed by atoms with Crippen LogP contribution in [0.3, 0.4) is 0 Å². The molecule has 1 N–H and O–H groups in total. The molecule has 2 aromatic carbocycles. The molecule has 0 radical (unpaired) electrons. The number of hydrogen-bond donors (Lipinski definition) is 1. The van der Waals surface area contributed by atoms with Crippen molar-refractivity contribution in [2.24, 2.45) is 0 Å². The Morgan fingerprint density at radius 1 is 1.19 bits per heavy atom. The summed E-state index contributed by atoms with van der Waals surface area (Å²) in [6.07, 6.45) is 0. The van der Waals surface area contributed by atoms with Crippen LogP contribution in [0, 0.1) is 21.4 Å². The van der Waals surface area contributed by atoms with Crippen LogP contribution in [-0.4, -0.2) is 41.5 Å². The van der Waals surface area contributed by atoms with E-state index >= 15 is 0 Å². The van der Waals surface area contributed by atoms with Gasteiger partial charge in [-0.2, -0.15) is 5.26 Å². The zero-order valence-electron chi connectivity index (χ0n) is 14.1. The van der Waals surface area contributed by atoms with Gasteiger partial charge in [0.25, 0.3) is 0 Å². The lowest BCUT2D eigenvalue weighted by Gasteiger charge is -2.28. The molecular formula is C17H14N6O4. The third kappa shape index (κ3) is 3.00. The van der Waals surface area contributed by atoms with Gasteiger partial charge in [-0.1, -0.05) is 12.1 Å². The van der Waals surface area contributed by atoms with Crippen LogP contribution >= 0.6 is 0 Å². The summed E-state index contributed by atoms with van der Waals surface area (Å²) in [6.45, 7) is 2.00. The average Bonchev–Trinajstić information content (AvgIpc) is 3.18. The van der Waals surface area contributed by atoms with Crippen LogP contribution in [-0.2, 0) is 4.74 Å². The topological polar surface area (TPSA) is 130 Å². The molecule has 10 heteroatoms. The van der Waals surface area contributed by atoms with Crippen molar-refractivity contribution in [1.82, 2.24) is 10.3 Å². The molecule has 10 nitrogen and oxygen atoms in total. The van der Waals surface area contributed by atoms with Crippen molar-refractivity contribution in [1.29, 1.82) is 5.26 Å². The quantitative estimate of drug-likeness (QED) is 0.546. The molecule has 0 aliphatic carbocycles. The Bertz CT molecular complexity index is 1050. The maximum absolute atomic E-state index is 11.7. The lowest BCUT2D eigenvalue weighted by Crippen LogP contribution is -2.36. The van der Waals surface area contributed by atoms with Crippen LogP contribution in [0.15, 0.2) is 35.0 Å². The van der Waals surface area contributed by atoms with Crippen LogP contribution in [0.1, 0.15) is 5.56 Å². The minimum atomic E-state index is -0.482. The number of rotatable bonds is 4. The number of anilines is 3. The molecule has 1 aromatic heterocycles. The van der Waals surface area contributed by atoms with E-state index in [1.807, 2.05) is 4.90 Å². The highest BCUT2D eigenvalue weighted by Gasteiger charge is 2.29. The molecule has 0 amide bonds. The summed E-state index contributed by atoms with van der Waals surface area (Å²) in [5.74, 6) is 0. The predicted molar refractivity (Wildman–Crippen MR) is 95.9 cm³/mol. The normalized spacial score (nSPS) is 14.1. The Morgan fingerprint density at radius 2 is 1.93 bits per heavy atom. The third-order valence-electron chi connectivity index (χ3n) is 4.34. The van der Waals surface area contributed by atoms with Gasteiger partial charge in [0, 0.05) is 13.1 Å². The molecule has 136 valence electrons. The molecular weight excluding hydrogens is 352 g/mol. The molecule has 0 bridgehead atoms. The van der Waals surface area contributed by atoms with E-state index in [1.54, 1.807) is 30.3 Å². The van der Waals surface area contributed by atoms with Gasteiger partial charge in [0.2, 0.25) is 5.52 Å². The van der Waals surface area contributed by atoms with Crippen molar-refractivity contribution < 1.29 is 14.3 Å². The van der Waals surface area contributed by atoms with Gasteiger partial charge in [-0.05, 0) is 28.5 Å². The van der Waals surface area contributed by atoms with E-state index in [9.17, 15) is 15.4 Å². The fraction of sp³-hybridized carbons (Fsp3) is 0.235. The molecule has 4 rings (SSSR count). The molecule has 0 spiro atoms. The second kappa shape index (κ2) is 6.89.